The Kier molecular flexibility index (Phi) is 3.71. The Hall–Kier alpha value is -1.84. The van der Waals surface area contributed by atoms with E-state index in [9.17, 15) is 9.59 Å². The normalized spacial score (nSPS) is 21.1. The highest BCUT2D eigenvalue weighted by Gasteiger charge is 2.39. The third-order valence-electron chi connectivity index (χ3n) is 4.67. The standard InChI is InChI=1S/C18H24N2O2/c1-18(2,3)20-11-14(10-16(20)21)17(22)19-15-8-7-12-5-4-6-13(12)9-15/h7-9,14H,4-6,10-11H2,1-3H3,(H,19,22)/t14-/m1/s1. The molecule has 0 radical (unpaired) electrons. The van der Waals surface area contributed by atoms with E-state index < -0.39 is 0 Å². The quantitative estimate of drug-likeness (QED) is 0.913. The molecule has 1 aromatic carbocycles. The summed E-state index contributed by atoms with van der Waals surface area (Å²) in [6.07, 6.45) is 3.75. The van der Waals surface area contributed by atoms with Gasteiger partial charge in [0.15, 0.2) is 0 Å². The molecule has 4 heteroatoms. The number of carbonyl (C=O) groups is 2. The fourth-order valence-electron chi connectivity index (χ4n) is 3.43. The Morgan fingerprint density at radius 3 is 2.64 bits per heavy atom. The summed E-state index contributed by atoms with van der Waals surface area (Å²) in [5.74, 6) is -0.223. The van der Waals surface area contributed by atoms with Gasteiger partial charge in [-0.05, 0) is 63.3 Å². The van der Waals surface area contributed by atoms with Gasteiger partial charge in [-0.15, -0.1) is 0 Å². The van der Waals surface area contributed by atoms with E-state index in [-0.39, 0.29) is 23.3 Å². The third kappa shape index (κ3) is 2.87. The van der Waals surface area contributed by atoms with Crippen LogP contribution in [0.2, 0.25) is 0 Å². The van der Waals surface area contributed by atoms with E-state index in [1.807, 2.05) is 26.8 Å². The second-order valence-electron chi connectivity index (χ2n) is 7.40. The summed E-state index contributed by atoms with van der Waals surface area (Å²) in [5.41, 5.74) is 3.37. The molecule has 0 aromatic heterocycles. The lowest BCUT2D eigenvalue weighted by Crippen LogP contribution is -2.42. The van der Waals surface area contributed by atoms with E-state index in [0.29, 0.717) is 13.0 Å². The van der Waals surface area contributed by atoms with Crippen molar-refractivity contribution in [3.05, 3.63) is 29.3 Å². The first-order chi connectivity index (χ1) is 10.3. The maximum absolute atomic E-state index is 12.4. The fraction of sp³-hybridized carbons (Fsp3) is 0.556. The van der Waals surface area contributed by atoms with Gasteiger partial charge in [-0.2, -0.15) is 0 Å². The van der Waals surface area contributed by atoms with Crippen LogP contribution in [0.1, 0.15) is 44.7 Å². The van der Waals surface area contributed by atoms with Crippen molar-refractivity contribution in [1.82, 2.24) is 4.90 Å². The molecule has 1 heterocycles. The first-order valence-corrected chi connectivity index (χ1v) is 8.08. The number of hydrogen-bond acceptors (Lipinski definition) is 2. The molecule has 0 spiro atoms. The molecule has 1 fully saturated rings. The molecule has 0 saturated carbocycles. The number of rotatable bonds is 2. The van der Waals surface area contributed by atoms with Crippen LogP contribution < -0.4 is 5.32 Å². The molecule has 1 atom stereocenters. The minimum atomic E-state index is -0.250. The number of nitrogens with zero attached hydrogens (tertiary/aromatic N) is 1. The predicted molar refractivity (Wildman–Crippen MR) is 86.7 cm³/mol. The highest BCUT2D eigenvalue weighted by atomic mass is 16.2. The van der Waals surface area contributed by atoms with Crippen LogP contribution in [0.4, 0.5) is 5.69 Å². The van der Waals surface area contributed by atoms with Crippen LogP contribution in [0, 0.1) is 5.92 Å². The predicted octanol–water partition coefficient (Wildman–Crippen LogP) is 2.76. The molecule has 1 saturated heterocycles. The highest BCUT2D eigenvalue weighted by Crippen LogP contribution is 2.28. The number of hydrogen-bond donors (Lipinski definition) is 1. The number of aryl methyl sites for hydroxylation is 2. The van der Waals surface area contributed by atoms with Gasteiger partial charge < -0.3 is 10.2 Å². The average molecular weight is 300 g/mol. The van der Waals surface area contributed by atoms with Crippen LogP contribution in [-0.4, -0.2) is 28.8 Å². The third-order valence-corrected chi connectivity index (χ3v) is 4.67. The largest absolute Gasteiger partial charge is 0.337 e. The zero-order valence-corrected chi connectivity index (χ0v) is 13.6. The molecule has 2 aliphatic rings. The zero-order chi connectivity index (χ0) is 15.9. The minimum absolute atomic E-state index is 0.0435. The average Bonchev–Trinajstić information content (AvgIpc) is 3.03. The first-order valence-electron chi connectivity index (χ1n) is 8.08. The van der Waals surface area contributed by atoms with Crippen LogP contribution in [0.15, 0.2) is 18.2 Å². The minimum Gasteiger partial charge on any atom is -0.337 e. The molecule has 2 amide bonds. The molecule has 22 heavy (non-hydrogen) atoms. The number of carbonyl (C=O) groups excluding carboxylic acids is 2. The Morgan fingerprint density at radius 2 is 1.95 bits per heavy atom. The van der Waals surface area contributed by atoms with Gasteiger partial charge in [0.2, 0.25) is 11.8 Å². The smallest absolute Gasteiger partial charge is 0.229 e. The first kappa shape index (κ1) is 15.1. The summed E-state index contributed by atoms with van der Waals surface area (Å²) < 4.78 is 0. The van der Waals surface area contributed by atoms with E-state index >= 15 is 0 Å². The Bertz CT molecular complexity index is 616. The number of fused-ring (bicyclic) bond motifs is 1. The molecule has 1 aliphatic heterocycles. The summed E-state index contributed by atoms with van der Waals surface area (Å²) in [5, 5.41) is 2.99. The molecule has 3 rings (SSSR count). The van der Waals surface area contributed by atoms with E-state index in [2.05, 4.69) is 17.4 Å². The lowest BCUT2D eigenvalue weighted by Gasteiger charge is -2.31. The lowest BCUT2D eigenvalue weighted by molar-refractivity contribution is -0.131. The number of anilines is 1. The van der Waals surface area contributed by atoms with Crippen molar-refractivity contribution in [1.29, 1.82) is 0 Å². The van der Waals surface area contributed by atoms with Crippen molar-refractivity contribution >= 4 is 17.5 Å². The van der Waals surface area contributed by atoms with Crippen LogP contribution in [-0.2, 0) is 22.4 Å². The molecule has 4 nitrogen and oxygen atoms in total. The summed E-state index contributed by atoms with van der Waals surface area (Å²) in [6, 6.07) is 6.16. The Balaban J connectivity index is 1.67. The van der Waals surface area contributed by atoms with Gasteiger partial charge in [-0.1, -0.05) is 6.07 Å². The second kappa shape index (κ2) is 5.41. The second-order valence-corrected chi connectivity index (χ2v) is 7.40. The van der Waals surface area contributed by atoms with Crippen LogP contribution in [0.3, 0.4) is 0 Å². The van der Waals surface area contributed by atoms with Crippen molar-refractivity contribution in [3.63, 3.8) is 0 Å². The highest BCUT2D eigenvalue weighted by molar-refractivity contribution is 5.97. The molecular weight excluding hydrogens is 276 g/mol. The molecule has 1 aromatic rings. The van der Waals surface area contributed by atoms with Gasteiger partial charge in [-0.25, -0.2) is 0 Å². The molecule has 118 valence electrons. The van der Waals surface area contributed by atoms with Gasteiger partial charge in [0.25, 0.3) is 0 Å². The maximum atomic E-state index is 12.4. The molecular formula is C18H24N2O2. The lowest BCUT2D eigenvalue weighted by atomic mass is 10.1. The van der Waals surface area contributed by atoms with E-state index in [1.165, 1.54) is 17.5 Å². The summed E-state index contributed by atoms with van der Waals surface area (Å²) >= 11 is 0. The van der Waals surface area contributed by atoms with Crippen molar-refractivity contribution < 1.29 is 9.59 Å². The van der Waals surface area contributed by atoms with Gasteiger partial charge in [0, 0.05) is 24.2 Å². The Morgan fingerprint density at radius 1 is 1.23 bits per heavy atom. The molecule has 0 bridgehead atoms. The van der Waals surface area contributed by atoms with Gasteiger partial charge in [0.1, 0.15) is 0 Å². The van der Waals surface area contributed by atoms with Crippen molar-refractivity contribution in [2.45, 2.75) is 52.0 Å². The van der Waals surface area contributed by atoms with Crippen LogP contribution >= 0.6 is 0 Å². The summed E-state index contributed by atoms with van der Waals surface area (Å²) in [6.45, 7) is 6.53. The van der Waals surface area contributed by atoms with Crippen LogP contribution in [0.5, 0.6) is 0 Å². The van der Waals surface area contributed by atoms with Crippen LogP contribution in [0.25, 0.3) is 0 Å². The maximum Gasteiger partial charge on any atom is 0.229 e. The van der Waals surface area contributed by atoms with Gasteiger partial charge >= 0.3 is 0 Å². The number of amides is 2. The van der Waals surface area contributed by atoms with E-state index in [4.69, 9.17) is 0 Å². The number of benzene rings is 1. The van der Waals surface area contributed by atoms with E-state index in [0.717, 1.165) is 18.5 Å². The van der Waals surface area contributed by atoms with Crippen molar-refractivity contribution in [2.24, 2.45) is 5.92 Å². The molecule has 1 N–H and O–H groups in total. The zero-order valence-electron chi connectivity index (χ0n) is 13.6. The van der Waals surface area contributed by atoms with Crippen molar-refractivity contribution in [2.75, 3.05) is 11.9 Å². The SMILES string of the molecule is CC(C)(C)N1C[C@H](C(=O)Nc2ccc3c(c2)CCC3)CC1=O. The summed E-state index contributed by atoms with van der Waals surface area (Å²) in [4.78, 5) is 26.3. The van der Waals surface area contributed by atoms with Gasteiger partial charge in [0.05, 0.1) is 5.92 Å². The number of likely N-dealkylation sites (tertiary alicyclic amines) is 1. The molecule has 1 aliphatic carbocycles. The van der Waals surface area contributed by atoms with Gasteiger partial charge in [-0.3, -0.25) is 9.59 Å². The fourth-order valence-corrected chi connectivity index (χ4v) is 3.43. The molecule has 0 unspecified atom stereocenters. The monoisotopic (exact) mass is 300 g/mol. The topological polar surface area (TPSA) is 49.4 Å². The van der Waals surface area contributed by atoms with E-state index in [1.54, 1.807) is 4.90 Å². The Labute approximate surface area is 131 Å². The number of nitrogens with one attached hydrogen (secondary N) is 1. The summed E-state index contributed by atoms with van der Waals surface area (Å²) in [7, 11) is 0. The van der Waals surface area contributed by atoms with Crippen molar-refractivity contribution in [3.8, 4) is 0 Å².